The average Bonchev–Trinajstić information content (AvgIpc) is 2.59. The van der Waals surface area contributed by atoms with Crippen LogP contribution in [-0.2, 0) is 11.3 Å². The summed E-state index contributed by atoms with van der Waals surface area (Å²) in [6.45, 7) is 3.82. The Balaban J connectivity index is 1.81. The first-order valence-electron chi connectivity index (χ1n) is 7.98. The van der Waals surface area contributed by atoms with Crippen molar-refractivity contribution in [3.8, 4) is 0 Å². The van der Waals surface area contributed by atoms with Crippen molar-refractivity contribution in [2.45, 2.75) is 26.8 Å². The van der Waals surface area contributed by atoms with E-state index in [4.69, 9.17) is 11.6 Å². The SMILES string of the molecule is Cc1c(Cl)cccc1NC(=O)CCn1c(=O)c(C)nc2ccccc21. The number of carbonyl (C=O) groups excluding carboxylic acids is 1. The van der Waals surface area contributed by atoms with Crippen LogP contribution < -0.4 is 10.9 Å². The van der Waals surface area contributed by atoms with Gasteiger partial charge >= 0.3 is 0 Å². The fourth-order valence-corrected chi connectivity index (χ4v) is 2.89. The molecular formula is C19H18ClN3O2. The summed E-state index contributed by atoms with van der Waals surface area (Å²) in [5, 5.41) is 3.45. The smallest absolute Gasteiger partial charge is 0.272 e. The number of hydrogen-bond donors (Lipinski definition) is 1. The number of para-hydroxylation sites is 2. The number of carbonyl (C=O) groups is 1. The number of nitrogens with zero attached hydrogens (tertiary/aromatic N) is 2. The molecule has 3 aromatic rings. The summed E-state index contributed by atoms with van der Waals surface area (Å²) < 4.78 is 1.60. The molecule has 5 nitrogen and oxygen atoms in total. The third-order valence-corrected chi connectivity index (χ3v) is 4.53. The van der Waals surface area contributed by atoms with Crippen LogP contribution in [0.5, 0.6) is 0 Å². The Morgan fingerprint density at radius 1 is 1.16 bits per heavy atom. The van der Waals surface area contributed by atoms with Crippen molar-refractivity contribution in [2.75, 3.05) is 5.32 Å². The molecule has 128 valence electrons. The highest BCUT2D eigenvalue weighted by Crippen LogP contribution is 2.23. The van der Waals surface area contributed by atoms with Crippen LogP contribution in [0.25, 0.3) is 11.0 Å². The van der Waals surface area contributed by atoms with E-state index < -0.39 is 0 Å². The van der Waals surface area contributed by atoms with E-state index in [1.54, 1.807) is 29.7 Å². The number of aryl methyl sites for hydroxylation is 2. The molecule has 2 aromatic carbocycles. The maximum Gasteiger partial charge on any atom is 0.272 e. The van der Waals surface area contributed by atoms with Crippen molar-refractivity contribution < 1.29 is 4.79 Å². The Morgan fingerprint density at radius 3 is 2.72 bits per heavy atom. The number of fused-ring (bicyclic) bond motifs is 1. The van der Waals surface area contributed by atoms with Crippen molar-refractivity contribution >= 4 is 34.2 Å². The van der Waals surface area contributed by atoms with Crippen molar-refractivity contribution in [1.29, 1.82) is 0 Å². The molecule has 0 aliphatic carbocycles. The predicted molar refractivity (Wildman–Crippen MR) is 100 cm³/mol. The highest BCUT2D eigenvalue weighted by atomic mass is 35.5. The van der Waals surface area contributed by atoms with Gasteiger partial charge in [0, 0.05) is 23.7 Å². The van der Waals surface area contributed by atoms with E-state index in [-0.39, 0.29) is 24.4 Å². The van der Waals surface area contributed by atoms with Crippen molar-refractivity contribution in [3.63, 3.8) is 0 Å². The monoisotopic (exact) mass is 355 g/mol. The van der Waals surface area contributed by atoms with Gasteiger partial charge in [-0.3, -0.25) is 9.59 Å². The third-order valence-electron chi connectivity index (χ3n) is 4.12. The van der Waals surface area contributed by atoms with Crippen LogP contribution in [0.4, 0.5) is 5.69 Å². The lowest BCUT2D eigenvalue weighted by Gasteiger charge is -2.12. The van der Waals surface area contributed by atoms with Gasteiger partial charge in [-0.1, -0.05) is 29.8 Å². The van der Waals surface area contributed by atoms with E-state index in [1.165, 1.54) is 0 Å². The lowest BCUT2D eigenvalue weighted by atomic mass is 10.2. The standard InChI is InChI=1S/C19H18ClN3O2/c1-12-14(20)6-5-8-15(12)22-18(24)10-11-23-17-9-4-3-7-16(17)21-13(2)19(23)25/h3-9H,10-11H2,1-2H3,(H,22,24). The molecule has 0 fully saturated rings. The predicted octanol–water partition coefficient (Wildman–Crippen LogP) is 3.70. The number of hydrogen-bond acceptors (Lipinski definition) is 3. The van der Waals surface area contributed by atoms with E-state index >= 15 is 0 Å². The number of anilines is 1. The first-order chi connectivity index (χ1) is 12.0. The zero-order valence-corrected chi connectivity index (χ0v) is 14.8. The molecule has 0 spiro atoms. The van der Waals surface area contributed by atoms with Gasteiger partial charge < -0.3 is 9.88 Å². The van der Waals surface area contributed by atoms with Gasteiger partial charge in [-0.15, -0.1) is 0 Å². The summed E-state index contributed by atoms with van der Waals surface area (Å²) in [7, 11) is 0. The van der Waals surface area contributed by atoms with Gasteiger partial charge in [0.15, 0.2) is 0 Å². The fourth-order valence-electron chi connectivity index (χ4n) is 2.71. The van der Waals surface area contributed by atoms with Crippen LogP contribution >= 0.6 is 11.6 Å². The van der Waals surface area contributed by atoms with E-state index in [0.29, 0.717) is 16.4 Å². The van der Waals surface area contributed by atoms with E-state index in [0.717, 1.165) is 16.6 Å². The maximum absolute atomic E-state index is 12.4. The zero-order chi connectivity index (χ0) is 18.0. The highest BCUT2D eigenvalue weighted by Gasteiger charge is 2.11. The Labute approximate surface area is 150 Å². The minimum absolute atomic E-state index is 0.171. The molecule has 6 heteroatoms. The molecule has 1 aromatic heterocycles. The van der Waals surface area contributed by atoms with Gasteiger partial charge in [-0.05, 0) is 43.7 Å². The summed E-state index contributed by atoms with van der Waals surface area (Å²) in [5.74, 6) is -0.171. The third kappa shape index (κ3) is 3.56. The average molecular weight is 356 g/mol. The number of amides is 1. The first kappa shape index (κ1) is 17.2. The summed E-state index contributed by atoms with van der Waals surface area (Å²) >= 11 is 6.07. The van der Waals surface area contributed by atoms with Gasteiger partial charge in [-0.25, -0.2) is 4.98 Å². The molecule has 0 atom stereocenters. The summed E-state index contributed by atoms with van der Waals surface area (Å²) in [6, 6.07) is 12.8. The minimum Gasteiger partial charge on any atom is -0.326 e. The van der Waals surface area contributed by atoms with E-state index in [2.05, 4.69) is 10.3 Å². The number of rotatable bonds is 4. The molecule has 0 saturated carbocycles. The van der Waals surface area contributed by atoms with Gasteiger partial charge in [0.1, 0.15) is 5.69 Å². The number of aromatic nitrogens is 2. The van der Waals surface area contributed by atoms with E-state index in [9.17, 15) is 9.59 Å². The number of benzene rings is 2. The van der Waals surface area contributed by atoms with E-state index in [1.807, 2.05) is 31.2 Å². The van der Waals surface area contributed by atoms with Gasteiger partial charge in [0.05, 0.1) is 11.0 Å². The second kappa shape index (κ2) is 7.07. The second-order valence-electron chi connectivity index (χ2n) is 5.85. The normalized spacial score (nSPS) is 10.8. The topological polar surface area (TPSA) is 64.0 Å². The van der Waals surface area contributed by atoms with Gasteiger partial charge in [0.25, 0.3) is 5.56 Å². The molecule has 1 amide bonds. The van der Waals surface area contributed by atoms with Crippen LogP contribution in [0.2, 0.25) is 5.02 Å². The molecule has 0 radical (unpaired) electrons. The van der Waals surface area contributed by atoms with Crippen LogP contribution in [0.1, 0.15) is 17.7 Å². The summed E-state index contributed by atoms with van der Waals surface area (Å²) in [5.41, 5.74) is 3.21. The molecular weight excluding hydrogens is 338 g/mol. The summed E-state index contributed by atoms with van der Waals surface area (Å²) in [6.07, 6.45) is 0.180. The maximum atomic E-state index is 12.4. The Bertz CT molecular complexity index is 1010. The van der Waals surface area contributed by atoms with Crippen molar-refractivity contribution in [3.05, 3.63) is 69.1 Å². The Hall–Kier alpha value is -2.66. The lowest BCUT2D eigenvalue weighted by Crippen LogP contribution is -2.26. The van der Waals surface area contributed by atoms with Gasteiger partial charge in [-0.2, -0.15) is 0 Å². The Morgan fingerprint density at radius 2 is 1.92 bits per heavy atom. The number of halogens is 1. The molecule has 0 unspecified atom stereocenters. The van der Waals surface area contributed by atoms with Crippen LogP contribution in [-0.4, -0.2) is 15.5 Å². The molecule has 0 saturated heterocycles. The van der Waals surface area contributed by atoms with Crippen molar-refractivity contribution in [2.24, 2.45) is 0 Å². The quantitative estimate of drug-likeness (QED) is 0.776. The molecule has 0 aliphatic heterocycles. The molecule has 1 N–H and O–H groups in total. The molecule has 3 rings (SSSR count). The fraction of sp³-hybridized carbons (Fsp3) is 0.211. The van der Waals surface area contributed by atoms with Crippen LogP contribution in [0.15, 0.2) is 47.3 Å². The second-order valence-corrected chi connectivity index (χ2v) is 6.26. The van der Waals surface area contributed by atoms with Crippen molar-refractivity contribution in [1.82, 2.24) is 9.55 Å². The van der Waals surface area contributed by atoms with Crippen LogP contribution in [0.3, 0.4) is 0 Å². The Kier molecular flexibility index (Phi) is 4.86. The minimum atomic E-state index is -0.176. The lowest BCUT2D eigenvalue weighted by molar-refractivity contribution is -0.116. The summed E-state index contributed by atoms with van der Waals surface area (Å²) in [4.78, 5) is 29.0. The molecule has 0 bridgehead atoms. The van der Waals surface area contributed by atoms with Crippen LogP contribution in [0, 0.1) is 13.8 Å². The highest BCUT2D eigenvalue weighted by molar-refractivity contribution is 6.31. The molecule has 0 aliphatic rings. The zero-order valence-electron chi connectivity index (χ0n) is 14.0. The first-order valence-corrected chi connectivity index (χ1v) is 8.36. The molecule has 25 heavy (non-hydrogen) atoms. The number of nitrogens with one attached hydrogen (secondary N) is 1. The largest absolute Gasteiger partial charge is 0.326 e. The molecule has 1 heterocycles. The van der Waals surface area contributed by atoms with Gasteiger partial charge in [0.2, 0.25) is 5.91 Å².